The standard InChI is InChI=1S/C2H6OS.Fe/c1-2-3-4;/h4H,2H2,1H3;/p-1. The summed E-state index contributed by atoms with van der Waals surface area (Å²) in [5.41, 5.74) is 0. The van der Waals surface area contributed by atoms with Crippen molar-refractivity contribution in [1.29, 1.82) is 0 Å². The number of rotatable bonds is 1. The Kier molecular flexibility index (Phi) is 16.4. The zero-order valence-corrected chi connectivity index (χ0v) is 4.80. The molecule has 0 aliphatic rings. The van der Waals surface area contributed by atoms with Gasteiger partial charge in [0, 0.05) is 23.7 Å². The Bertz CT molecular complexity index is 11.6. The Balaban J connectivity index is 0. The van der Waals surface area contributed by atoms with Crippen LogP contribution in [-0.2, 0) is 34.2 Å². The van der Waals surface area contributed by atoms with Crippen LogP contribution in [0, 0.1) is 0 Å². The molecule has 0 amide bonds. The van der Waals surface area contributed by atoms with Crippen molar-refractivity contribution in [3.8, 4) is 0 Å². The van der Waals surface area contributed by atoms with Crippen LogP contribution in [0.5, 0.6) is 0 Å². The molecular formula is C2H5FeOS-. The summed E-state index contributed by atoms with van der Waals surface area (Å²) in [7, 11) is 0. The third kappa shape index (κ3) is 11.6. The Morgan fingerprint density at radius 1 is 1.80 bits per heavy atom. The minimum atomic E-state index is 0. The van der Waals surface area contributed by atoms with Crippen molar-refractivity contribution < 1.29 is 21.3 Å². The molecule has 0 saturated carbocycles. The van der Waals surface area contributed by atoms with E-state index in [1.54, 1.807) is 0 Å². The van der Waals surface area contributed by atoms with Gasteiger partial charge in [-0.1, -0.05) is 0 Å². The third-order valence-electron chi connectivity index (χ3n) is 0.118. The van der Waals surface area contributed by atoms with Gasteiger partial charge in [0.2, 0.25) is 0 Å². The maximum Gasteiger partial charge on any atom is 0.0155 e. The van der Waals surface area contributed by atoms with Crippen molar-refractivity contribution in [3.05, 3.63) is 0 Å². The molecule has 0 aliphatic heterocycles. The van der Waals surface area contributed by atoms with E-state index in [-0.39, 0.29) is 17.1 Å². The van der Waals surface area contributed by atoms with Gasteiger partial charge in [-0.15, -0.1) is 0 Å². The summed E-state index contributed by atoms with van der Waals surface area (Å²) in [5, 5.41) is 0. The van der Waals surface area contributed by atoms with E-state index < -0.39 is 0 Å². The van der Waals surface area contributed by atoms with Crippen molar-refractivity contribution in [2.45, 2.75) is 6.92 Å². The van der Waals surface area contributed by atoms with Crippen LogP contribution in [0.4, 0.5) is 0 Å². The summed E-state index contributed by atoms with van der Waals surface area (Å²) < 4.78 is 4.12. The van der Waals surface area contributed by atoms with Gasteiger partial charge in [-0.3, -0.25) is 0 Å². The van der Waals surface area contributed by atoms with Crippen molar-refractivity contribution in [2.24, 2.45) is 0 Å². The largest absolute Gasteiger partial charge is 0.624 e. The topological polar surface area (TPSA) is 9.23 Å². The first-order chi connectivity index (χ1) is 1.91. The van der Waals surface area contributed by atoms with Gasteiger partial charge in [0.25, 0.3) is 0 Å². The Morgan fingerprint density at radius 3 is 2.00 bits per heavy atom. The van der Waals surface area contributed by atoms with Gasteiger partial charge in [0.05, 0.1) is 0 Å². The molecule has 0 atom stereocenters. The first-order valence-electron chi connectivity index (χ1n) is 1.16. The second-order valence-corrected chi connectivity index (χ2v) is 0.642. The van der Waals surface area contributed by atoms with E-state index >= 15 is 0 Å². The summed E-state index contributed by atoms with van der Waals surface area (Å²) in [6.07, 6.45) is 0. The van der Waals surface area contributed by atoms with E-state index in [1.807, 2.05) is 6.92 Å². The SMILES string of the molecule is CCO[S-].[Fe]. The molecule has 5 heavy (non-hydrogen) atoms. The van der Waals surface area contributed by atoms with Gasteiger partial charge in [0.15, 0.2) is 0 Å². The van der Waals surface area contributed by atoms with Gasteiger partial charge in [0.1, 0.15) is 0 Å². The van der Waals surface area contributed by atoms with E-state index in [1.165, 1.54) is 0 Å². The molecule has 0 fully saturated rings. The quantitative estimate of drug-likeness (QED) is 0.380. The minimum absolute atomic E-state index is 0. The molecular weight excluding hydrogens is 128 g/mol. The van der Waals surface area contributed by atoms with Crippen LogP contribution >= 0.6 is 0 Å². The molecule has 0 aromatic carbocycles. The van der Waals surface area contributed by atoms with Crippen molar-refractivity contribution >= 4 is 12.9 Å². The second kappa shape index (κ2) is 8.85. The summed E-state index contributed by atoms with van der Waals surface area (Å²) in [6.45, 7) is 2.49. The Morgan fingerprint density at radius 2 is 2.00 bits per heavy atom. The predicted molar refractivity (Wildman–Crippen MR) is 19.0 cm³/mol. The summed E-state index contributed by atoms with van der Waals surface area (Å²) in [4.78, 5) is 0. The van der Waals surface area contributed by atoms with E-state index in [0.717, 1.165) is 0 Å². The molecule has 3 heteroatoms. The van der Waals surface area contributed by atoms with Crippen LogP contribution < -0.4 is 0 Å². The maximum atomic E-state index is 4.12. The van der Waals surface area contributed by atoms with Crippen molar-refractivity contribution in [2.75, 3.05) is 6.61 Å². The summed E-state index contributed by atoms with van der Waals surface area (Å²) in [6, 6.07) is 0. The molecule has 0 aromatic heterocycles. The molecule has 34 valence electrons. The first kappa shape index (κ1) is 9.27. The molecule has 0 bridgehead atoms. The van der Waals surface area contributed by atoms with Crippen LogP contribution in [0.25, 0.3) is 0 Å². The molecule has 0 rings (SSSR count). The molecule has 0 N–H and O–H groups in total. The minimum Gasteiger partial charge on any atom is -0.624 e. The molecule has 0 heterocycles. The van der Waals surface area contributed by atoms with E-state index in [9.17, 15) is 0 Å². The average Bonchev–Trinajstić information content (AvgIpc) is 1.37. The van der Waals surface area contributed by atoms with E-state index in [4.69, 9.17) is 0 Å². The maximum absolute atomic E-state index is 4.12. The van der Waals surface area contributed by atoms with E-state index in [2.05, 4.69) is 17.1 Å². The van der Waals surface area contributed by atoms with Crippen LogP contribution in [0.3, 0.4) is 0 Å². The van der Waals surface area contributed by atoms with Gasteiger partial charge in [-0.25, -0.2) is 0 Å². The Hall–Kier alpha value is 0.829. The fourth-order valence-electron chi connectivity index (χ4n) is 0. The normalized spacial score (nSPS) is 6.00. The van der Waals surface area contributed by atoms with Crippen molar-refractivity contribution in [1.82, 2.24) is 0 Å². The van der Waals surface area contributed by atoms with Crippen LogP contribution in [-0.4, -0.2) is 6.61 Å². The fourth-order valence-corrected chi connectivity index (χ4v) is 0. The second-order valence-electron chi connectivity index (χ2n) is 0.407. The van der Waals surface area contributed by atoms with E-state index in [0.29, 0.717) is 6.61 Å². The molecule has 1 nitrogen and oxygen atoms in total. The van der Waals surface area contributed by atoms with Crippen LogP contribution in [0.2, 0.25) is 0 Å². The molecule has 0 unspecified atom stereocenters. The van der Waals surface area contributed by atoms with Crippen molar-refractivity contribution in [3.63, 3.8) is 0 Å². The first-order valence-corrected chi connectivity index (χ1v) is 1.50. The smallest absolute Gasteiger partial charge is 0.0155 e. The zero-order chi connectivity index (χ0) is 3.41. The average molecular weight is 133 g/mol. The predicted octanol–water partition coefficient (Wildman–Crippen LogP) is 0.482. The molecule has 0 aromatic rings. The number of hydrogen-bond acceptors (Lipinski definition) is 2. The van der Waals surface area contributed by atoms with Gasteiger partial charge in [-0.05, 0) is 6.92 Å². The van der Waals surface area contributed by atoms with Gasteiger partial charge in [-0.2, -0.15) is 0 Å². The number of hydrogen-bond donors (Lipinski definition) is 0. The molecule has 0 saturated heterocycles. The monoisotopic (exact) mass is 133 g/mol. The molecule has 0 spiro atoms. The molecule has 0 aliphatic carbocycles. The third-order valence-corrected chi connectivity index (χ3v) is 0.354. The zero-order valence-electron chi connectivity index (χ0n) is 2.88. The van der Waals surface area contributed by atoms with Gasteiger partial charge < -0.3 is 17.1 Å². The van der Waals surface area contributed by atoms with Crippen LogP contribution in [0.1, 0.15) is 6.92 Å². The van der Waals surface area contributed by atoms with Crippen LogP contribution in [0.15, 0.2) is 0 Å². The Labute approximate surface area is 48.2 Å². The summed E-state index contributed by atoms with van der Waals surface area (Å²) >= 11 is 4.05. The summed E-state index contributed by atoms with van der Waals surface area (Å²) in [5.74, 6) is 0. The fraction of sp³-hybridized carbons (Fsp3) is 1.00. The molecule has 0 radical (unpaired) electrons. The van der Waals surface area contributed by atoms with Gasteiger partial charge >= 0.3 is 0 Å².